The van der Waals surface area contributed by atoms with Crippen molar-refractivity contribution in [1.82, 2.24) is 0 Å². The van der Waals surface area contributed by atoms with Crippen LogP contribution >= 0.6 is 0 Å². The number of allylic oxidation sites excluding steroid dienone is 1. The molecule has 0 amide bonds. The summed E-state index contributed by atoms with van der Waals surface area (Å²) in [6, 6.07) is 9.56. The lowest BCUT2D eigenvalue weighted by atomic mass is 9.47. The van der Waals surface area contributed by atoms with Crippen molar-refractivity contribution >= 4 is 5.97 Å². The molecule has 0 aromatic heterocycles. The molecule has 0 unspecified atom stereocenters. The van der Waals surface area contributed by atoms with E-state index >= 15 is 0 Å². The van der Waals surface area contributed by atoms with Crippen LogP contribution in [0.4, 0.5) is 0 Å². The highest BCUT2D eigenvalue weighted by Gasteiger charge is 2.59. The quantitative estimate of drug-likeness (QED) is 0.234. The third-order valence-corrected chi connectivity index (χ3v) is 11.9. The van der Waals surface area contributed by atoms with Crippen LogP contribution in [0.1, 0.15) is 112 Å². The van der Waals surface area contributed by atoms with E-state index in [-0.39, 0.29) is 17.5 Å². The Kier molecular flexibility index (Phi) is 8.56. The van der Waals surface area contributed by atoms with Gasteiger partial charge in [0.15, 0.2) is 6.10 Å². The maximum Gasteiger partial charge on any atom is 0.347 e. The Morgan fingerprint density at radius 2 is 1.72 bits per heavy atom. The maximum absolute atomic E-state index is 12.9. The molecule has 1 aromatic rings. The van der Waals surface area contributed by atoms with Crippen molar-refractivity contribution in [2.75, 3.05) is 0 Å². The average molecular weight is 535 g/mol. The predicted octanol–water partition coefficient (Wildman–Crippen LogP) is 9.41. The molecule has 0 aliphatic heterocycles. The number of para-hydroxylation sites is 1. The van der Waals surface area contributed by atoms with Gasteiger partial charge in [0, 0.05) is 6.42 Å². The Morgan fingerprint density at radius 1 is 0.949 bits per heavy atom. The smallest absolute Gasteiger partial charge is 0.347 e. The summed E-state index contributed by atoms with van der Waals surface area (Å²) in [7, 11) is 0. The molecule has 39 heavy (non-hydrogen) atoms. The summed E-state index contributed by atoms with van der Waals surface area (Å²) in [6.07, 6.45) is 16.1. The van der Waals surface area contributed by atoms with E-state index in [9.17, 15) is 4.79 Å². The van der Waals surface area contributed by atoms with Crippen LogP contribution in [0.2, 0.25) is 0 Å². The van der Waals surface area contributed by atoms with Crippen molar-refractivity contribution in [3.8, 4) is 5.75 Å². The number of benzene rings is 1. The van der Waals surface area contributed by atoms with E-state index in [0.29, 0.717) is 11.2 Å². The Morgan fingerprint density at radius 3 is 2.46 bits per heavy atom. The van der Waals surface area contributed by atoms with Crippen molar-refractivity contribution in [1.29, 1.82) is 0 Å². The summed E-state index contributed by atoms with van der Waals surface area (Å²) in [4.78, 5) is 12.9. The second kappa shape index (κ2) is 11.6. The Hall–Kier alpha value is -1.77. The minimum Gasteiger partial charge on any atom is -0.479 e. The third kappa shape index (κ3) is 5.71. The number of carbonyl (C=O) groups excluding carboxylic acids is 1. The fourth-order valence-corrected chi connectivity index (χ4v) is 9.76. The highest BCUT2D eigenvalue weighted by atomic mass is 16.6. The second-order valence-electron chi connectivity index (χ2n) is 14.7. The van der Waals surface area contributed by atoms with Crippen LogP contribution < -0.4 is 4.74 Å². The van der Waals surface area contributed by atoms with Gasteiger partial charge in [-0.3, -0.25) is 0 Å². The number of rotatable bonds is 9. The first-order valence-corrected chi connectivity index (χ1v) is 16.2. The number of ether oxygens (including phenoxy) is 2. The zero-order valence-electron chi connectivity index (χ0n) is 25.6. The number of hydrogen-bond donors (Lipinski definition) is 0. The summed E-state index contributed by atoms with van der Waals surface area (Å²) < 4.78 is 11.9. The molecule has 0 radical (unpaired) electrons. The molecule has 0 N–H and O–H groups in total. The monoisotopic (exact) mass is 534 g/mol. The Balaban J connectivity index is 1.21. The zero-order valence-corrected chi connectivity index (χ0v) is 25.6. The highest BCUT2D eigenvalue weighted by Crippen LogP contribution is 2.67. The van der Waals surface area contributed by atoms with Crippen molar-refractivity contribution in [2.24, 2.45) is 46.3 Å². The minimum atomic E-state index is -0.593. The van der Waals surface area contributed by atoms with Gasteiger partial charge < -0.3 is 9.47 Å². The van der Waals surface area contributed by atoms with Crippen molar-refractivity contribution < 1.29 is 14.3 Å². The molecule has 3 nitrogen and oxygen atoms in total. The molecule has 0 bridgehead atoms. The Bertz CT molecular complexity index is 1010. The fraction of sp³-hybridized carbons (Fsp3) is 0.750. The molecule has 9 atom stereocenters. The lowest BCUT2D eigenvalue weighted by molar-refractivity contribution is -0.159. The van der Waals surface area contributed by atoms with Gasteiger partial charge in [-0.2, -0.15) is 0 Å². The van der Waals surface area contributed by atoms with Crippen LogP contribution in [0.5, 0.6) is 5.75 Å². The first-order valence-electron chi connectivity index (χ1n) is 16.2. The first-order chi connectivity index (χ1) is 18.6. The molecular formula is C36H54O3. The molecule has 3 heteroatoms. The van der Waals surface area contributed by atoms with E-state index < -0.39 is 6.10 Å². The van der Waals surface area contributed by atoms with Crippen LogP contribution in [0, 0.1) is 46.3 Å². The predicted molar refractivity (Wildman–Crippen MR) is 159 cm³/mol. The number of fused-ring (bicyclic) bond motifs is 5. The van der Waals surface area contributed by atoms with E-state index in [4.69, 9.17) is 9.47 Å². The van der Waals surface area contributed by atoms with E-state index in [1.807, 2.05) is 30.3 Å². The summed E-state index contributed by atoms with van der Waals surface area (Å²) in [6.45, 7) is 14.3. The summed E-state index contributed by atoms with van der Waals surface area (Å²) in [5.41, 5.74) is 2.38. The lowest BCUT2D eigenvalue weighted by Crippen LogP contribution is -2.51. The van der Waals surface area contributed by atoms with Crippen LogP contribution in [-0.4, -0.2) is 18.2 Å². The highest BCUT2D eigenvalue weighted by molar-refractivity contribution is 5.74. The molecule has 3 fully saturated rings. The van der Waals surface area contributed by atoms with Gasteiger partial charge in [0.2, 0.25) is 0 Å². The number of esters is 1. The topological polar surface area (TPSA) is 35.5 Å². The first kappa shape index (κ1) is 28.7. The van der Waals surface area contributed by atoms with Gasteiger partial charge >= 0.3 is 5.97 Å². The molecule has 5 rings (SSSR count). The van der Waals surface area contributed by atoms with Crippen LogP contribution in [0.3, 0.4) is 0 Å². The van der Waals surface area contributed by atoms with Crippen LogP contribution in [0.25, 0.3) is 0 Å². The molecule has 0 saturated heterocycles. The molecular weight excluding hydrogens is 480 g/mol. The standard InChI is InChI=1S/C36H54O3/c1-24(2)11-10-12-25(3)31-17-18-32-30-16-15-27-23-29(19-21-35(27,5)33(30)20-22-36(31,32)6)39-34(37)26(4)38-28-13-8-7-9-14-28/h7-9,13-15,24-26,29-33H,10-12,16-23H2,1-6H3/t25-,26+,29+,30-,31+,32-,33-,35+,36-/m1/s1. The van der Waals surface area contributed by atoms with Gasteiger partial charge in [0.25, 0.3) is 0 Å². The lowest BCUT2D eigenvalue weighted by Gasteiger charge is -2.58. The van der Waals surface area contributed by atoms with E-state index in [1.54, 1.807) is 12.5 Å². The van der Waals surface area contributed by atoms with Gasteiger partial charge in [-0.25, -0.2) is 4.79 Å². The molecule has 0 heterocycles. The van der Waals surface area contributed by atoms with Crippen LogP contribution in [0.15, 0.2) is 42.0 Å². The zero-order chi connectivity index (χ0) is 27.8. The van der Waals surface area contributed by atoms with Crippen molar-refractivity contribution in [3.63, 3.8) is 0 Å². The van der Waals surface area contributed by atoms with Gasteiger partial charge in [-0.1, -0.05) is 83.7 Å². The molecule has 216 valence electrons. The molecule has 3 saturated carbocycles. The third-order valence-electron chi connectivity index (χ3n) is 11.9. The van der Waals surface area contributed by atoms with Gasteiger partial charge in [0.05, 0.1) is 0 Å². The van der Waals surface area contributed by atoms with Gasteiger partial charge in [-0.15, -0.1) is 0 Å². The number of carbonyl (C=O) groups is 1. The summed E-state index contributed by atoms with van der Waals surface area (Å²) in [5, 5.41) is 0. The van der Waals surface area contributed by atoms with Crippen molar-refractivity contribution in [3.05, 3.63) is 42.0 Å². The molecule has 1 aromatic carbocycles. The van der Waals surface area contributed by atoms with Crippen LogP contribution in [-0.2, 0) is 9.53 Å². The summed E-state index contributed by atoms with van der Waals surface area (Å²) in [5.74, 6) is 5.58. The summed E-state index contributed by atoms with van der Waals surface area (Å²) >= 11 is 0. The van der Waals surface area contributed by atoms with Gasteiger partial charge in [0.1, 0.15) is 11.9 Å². The fourth-order valence-electron chi connectivity index (χ4n) is 9.76. The van der Waals surface area contributed by atoms with Gasteiger partial charge in [-0.05, 0) is 110 Å². The maximum atomic E-state index is 12.9. The van der Waals surface area contributed by atoms with E-state index in [2.05, 4.69) is 40.7 Å². The molecule has 0 spiro atoms. The Labute approximate surface area is 238 Å². The molecule has 4 aliphatic carbocycles. The average Bonchev–Trinajstić information content (AvgIpc) is 3.26. The molecule has 4 aliphatic rings. The van der Waals surface area contributed by atoms with E-state index in [1.165, 1.54) is 51.4 Å². The second-order valence-corrected chi connectivity index (χ2v) is 14.7. The SMILES string of the molecule is CC(C)CCC[C@@H](C)[C@@H]1CC[C@@H]2[C@H]3CC=C4C[C@@H](OC(=O)[C@H](C)Oc5ccccc5)CC[C@]4(C)[C@@H]3CC[C@@]21C. The number of hydrogen-bond acceptors (Lipinski definition) is 3. The van der Waals surface area contributed by atoms with Crippen molar-refractivity contribution in [2.45, 2.75) is 124 Å². The van der Waals surface area contributed by atoms with E-state index in [0.717, 1.165) is 54.8 Å². The largest absolute Gasteiger partial charge is 0.479 e. The minimum absolute atomic E-state index is 0.0217. The normalized spacial score (nSPS) is 37.2.